The van der Waals surface area contributed by atoms with Gasteiger partial charge in [-0.05, 0) is 34.5 Å². The van der Waals surface area contributed by atoms with Crippen LogP contribution in [0.4, 0.5) is 8.78 Å². The number of halogens is 2. The highest BCUT2D eigenvalue weighted by atomic mass is 19.1. The number of aliphatic imine (C=N–C) groups is 1. The van der Waals surface area contributed by atoms with Crippen molar-refractivity contribution in [3.8, 4) is 0 Å². The van der Waals surface area contributed by atoms with Crippen molar-refractivity contribution in [1.29, 1.82) is 0 Å². The third-order valence-electron chi connectivity index (χ3n) is 3.99. The van der Waals surface area contributed by atoms with Gasteiger partial charge in [0.05, 0.1) is 0 Å². The topological polar surface area (TPSA) is 21.6 Å². The number of benzene rings is 3. The Hall–Kier alpha value is -2.75. The quantitative estimate of drug-likeness (QED) is 0.676. The first-order valence-corrected chi connectivity index (χ1v) is 7.36. The fourth-order valence-corrected chi connectivity index (χ4v) is 2.80. The van der Waals surface area contributed by atoms with E-state index in [9.17, 15) is 8.78 Å². The molecule has 0 N–H and O–H groups in total. The van der Waals surface area contributed by atoms with Gasteiger partial charge in [-0.25, -0.2) is 13.8 Å². The fourth-order valence-electron chi connectivity index (χ4n) is 2.80. The van der Waals surface area contributed by atoms with Gasteiger partial charge in [-0.1, -0.05) is 42.5 Å². The molecule has 2 nitrogen and oxygen atoms in total. The zero-order chi connectivity index (χ0) is 15.8. The van der Waals surface area contributed by atoms with E-state index in [2.05, 4.69) is 4.99 Å². The van der Waals surface area contributed by atoms with Crippen molar-refractivity contribution in [2.75, 3.05) is 6.61 Å². The summed E-state index contributed by atoms with van der Waals surface area (Å²) in [5.41, 5.74) is 0.770. The average molecular weight is 309 g/mol. The summed E-state index contributed by atoms with van der Waals surface area (Å²) in [5.74, 6) is -1.30. The van der Waals surface area contributed by atoms with Crippen LogP contribution in [0.3, 0.4) is 0 Å². The van der Waals surface area contributed by atoms with E-state index in [1.54, 1.807) is 0 Å². The second-order valence-corrected chi connectivity index (χ2v) is 5.46. The molecular weight excluding hydrogens is 296 g/mol. The molecule has 114 valence electrons. The molecule has 0 spiro atoms. The minimum absolute atomic E-state index is 0.0266. The average Bonchev–Trinajstić information content (AvgIpc) is 3.04. The lowest BCUT2D eigenvalue weighted by Crippen LogP contribution is -2.07. The molecule has 0 amide bonds. The van der Waals surface area contributed by atoms with E-state index in [1.807, 2.05) is 42.5 Å². The maximum absolute atomic E-state index is 13.8. The molecule has 0 saturated heterocycles. The minimum Gasteiger partial charge on any atom is -0.475 e. The van der Waals surface area contributed by atoms with Crippen molar-refractivity contribution in [3.63, 3.8) is 0 Å². The zero-order valence-corrected chi connectivity index (χ0v) is 12.2. The highest BCUT2D eigenvalue weighted by Crippen LogP contribution is 2.29. The van der Waals surface area contributed by atoms with E-state index >= 15 is 0 Å². The van der Waals surface area contributed by atoms with Gasteiger partial charge in [0, 0.05) is 0 Å². The van der Waals surface area contributed by atoms with E-state index in [4.69, 9.17) is 4.74 Å². The molecule has 1 aliphatic rings. The van der Waals surface area contributed by atoms with Crippen LogP contribution in [0.25, 0.3) is 10.8 Å². The van der Waals surface area contributed by atoms with Crippen molar-refractivity contribution in [1.82, 2.24) is 0 Å². The van der Waals surface area contributed by atoms with Crippen molar-refractivity contribution >= 4 is 16.7 Å². The molecule has 0 aliphatic carbocycles. The monoisotopic (exact) mass is 309 g/mol. The van der Waals surface area contributed by atoms with E-state index in [-0.39, 0.29) is 24.1 Å². The van der Waals surface area contributed by atoms with E-state index in [1.165, 1.54) is 18.2 Å². The molecule has 0 bridgehead atoms. The Morgan fingerprint density at radius 1 is 0.870 bits per heavy atom. The Balaban J connectivity index is 1.72. The van der Waals surface area contributed by atoms with Crippen molar-refractivity contribution in [2.45, 2.75) is 6.04 Å². The highest BCUT2D eigenvalue weighted by molar-refractivity contribution is 5.95. The summed E-state index contributed by atoms with van der Waals surface area (Å²) >= 11 is 0. The Morgan fingerprint density at radius 2 is 1.61 bits per heavy atom. The van der Waals surface area contributed by atoms with Crippen molar-refractivity contribution < 1.29 is 13.5 Å². The largest absolute Gasteiger partial charge is 0.475 e. The molecule has 1 unspecified atom stereocenters. The number of ether oxygens (including phenoxy) is 1. The first-order chi connectivity index (χ1) is 11.2. The molecule has 0 saturated carbocycles. The first kappa shape index (κ1) is 13.9. The Bertz CT molecular complexity index is 900. The lowest BCUT2D eigenvalue weighted by atomic mass is 10.0. The maximum atomic E-state index is 13.8. The summed E-state index contributed by atoms with van der Waals surface area (Å²) < 4.78 is 33.1. The van der Waals surface area contributed by atoms with Gasteiger partial charge in [-0.2, -0.15) is 0 Å². The predicted octanol–water partition coefficient (Wildman–Crippen LogP) is 4.64. The van der Waals surface area contributed by atoms with Crippen LogP contribution in [0.1, 0.15) is 17.2 Å². The summed E-state index contributed by atoms with van der Waals surface area (Å²) in [5, 5.41) is 2.24. The molecule has 4 rings (SSSR count). The fraction of sp³-hybridized carbons (Fsp3) is 0.105. The van der Waals surface area contributed by atoms with E-state index < -0.39 is 11.6 Å². The minimum atomic E-state index is -0.664. The smallest absolute Gasteiger partial charge is 0.222 e. The Labute approximate surface area is 132 Å². The number of hydrogen-bond donors (Lipinski definition) is 0. The van der Waals surface area contributed by atoms with Crippen LogP contribution in [0.2, 0.25) is 0 Å². The second kappa shape index (κ2) is 5.47. The molecule has 3 aromatic rings. The van der Waals surface area contributed by atoms with Gasteiger partial charge in [-0.3, -0.25) is 0 Å². The number of nitrogens with zero attached hydrogens (tertiary/aromatic N) is 1. The lowest BCUT2D eigenvalue weighted by molar-refractivity contribution is 0.317. The molecule has 1 aliphatic heterocycles. The standard InChI is InChI=1S/C19H13F2NO/c20-15-6-3-7-16(21)18(15)19-22-17(11-23-19)14-9-8-12-4-1-2-5-13(12)10-14/h1-10,17H,11H2. The molecule has 1 atom stereocenters. The maximum Gasteiger partial charge on any atom is 0.222 e. The zero-order valence-electron chi connectivity index (χ0n) is 12.2. The molecule has 23 heavy (non-hydrogen) atoms. The van der Waals surface area contributed by atoms with Crippen LogP contribution < -0.4 is 0 Å². The van der Waals surface area contributed by atoms with Crippen LogP contribution in [-0.2, 0) is 4.74 Å². The van der Waals surface area contributed by atoms with Gasteiger partial charge in [0.15, 0.2) is 0 Å². The number of fused-ring (bicyclic) bond motifs is 1. The first-order valence-electron chi connectivity index (χ1n) is 7.36. The summed E-state index contributed by atoms with van der Waals surface area (Å²) in [4.78, 5) is 4.37. The van der Waals surface area contributed by atoms with E-state index in [0.717, 1.165) is 16.3 Å². The highest BCUT2D eigenvalue weighted by Gasteiger charge is 2.26. The molecule has 0 radical (unpaired) electrons. The van der Waals surface area contributed by atoms with Gasteiger partial charge in [0.1, 0.15) is 29.8 Å². The molecular formula is C19H13F2NO. The summed E-state index contributed by atoms with van der Waals surface area (Å²) in [7, 11) is 0. The normalized spacial score (nSPS) is 17.1. The SMILES string of the molecule is Fc1cccc(F)c1C1=NC(c2ccc3ccccc3c2)CO1. The van der Waals surface area contributed by atoms with Gasteiger partial charge < -0.3 is 4.74 Å². The van der Waals surface area contributed by atoms with Crippen LogP contribution in [0.5, 0.6) is 0 Å². The van der Waals surface area contributed by atoms with Gasteiger partial charge >= 0.3 is 0 Å². The molecule has 0 fully saturated rings. The molecule has 4 heteroatoms. The van der Waals surface area contributed by atoms with Crippen molar-refractivity contribution in [3.05, 3.63) is 83.4 Å². The predicted molar refractivity (Wildman–Crippen MR) is 85.5 cm³/mol. The van der Waals surface area contributed by atoms with Crippen LogP contribution in [0.15, 0.2) is 65.7 Å². The Kier molecular flexibility index (Phi) is 3.30. The third kappa shape index (κ3) is 2.46. The molecule has 1 heterocycles. The molecule has 3 aromatic carbocycles. The van der Waals surface area contributed by atoms with E-state index in [0.29, 0.717) is 0 Å². The Morgan fingerprint density at radius 3 is 2.39 bits per heavy atom. The van der Waals surface area contributed by atoms with Crippen LogP contribution in [0, 0.1) is 11.6 Å². The van der Waals surface area contributed by atoms with Gasteiger partial charge in [0.25, 0.3) is 0 Å². The summed E-state index contributed by atoms with van der Waals surface area (Å²) in [6.45, 7) is 0.279. The third-order valence-corrected chi connectivity index (χ3v) is 3.99. The number of rotatable bonds is 2. The second-order valence-electron chi connectivity index (χ2n) is 5.46. The lowest BCUT2D eigenvalue weighted by Gasteiger charge is -2.06. The van der Waals surface area contributed by atoms with Crippen molar-refractivity contribution in [2.24, 2.45) is 4.99 Å². The summed E-state index contributed by atoms with van der Waals surface area (Å²) in [6, 6.07) is 17.5. The van der Waals surface area contributed by atoms with Gasteiger partial charge in [0.2, 0.25) is 5.90 Å². The molecule has 0 aromatic heterocycles. The van der Waals surface area contributed by atoms with Crippen LogP contribution >= 0.6 is 0 Å². The number of hydrogen-bond acceptors (Lipinski definition) is 2. The van der Waals surface area contributed by atoms with Gasteiger partial charge in [-0.15, -0.1) is 0 Å². The van der Waals surface area contributed by atoms with Crippen LogP contribution in [-0.4, -0.2) is 12.5 Å². The summed E-state index contributed by atoms with van der Waals surface area (Å²) in [6.07, 6.45) is 0.